The van der Waals surface area contributed by atoms with Crippen LogP contribution in [-0.4, -0.2) is 30.2 Å². The third-order valence-corrected chi connectivity index (χ3v) is 5.28. The number of aliphatic hydroxyl groups excluding tert-OH is 1. The van der Waals surface area contributed by atoms with E-state index in [9.17, 15) is 9.90 Å². The summed E-state index contributed by atoms with van der Waals surface area (Å²) >= 11 is 0. The number of amides is 1. The first kappa shape index (κ1) is 23.9. The summed E-state index contributed by atoms with van der Waals surface area (Å²) in [6.45, 7) is 5.24. The van der Waals surface area contributed by atoms with Gasteiger partial charge < -0.3 is 20.9 Å². The maximum Gasteiger partial charge on any atom is 0.252 e. The van der Waals surface area contributed by atoms with Crippen LogP contribution in [0.4, 0.5) is 0 Å². The van der Waals surface area contributed by atoms with Crippen molar-refractivity contribution in [2.24, 2.45) is 5.73 Å². The first-order chi connectivity index (χ1) is 14.5. The SMILES string of the molecule is CCCCCCOc1ccc(C(O)CNC(C)CCc2ccccc2)cc1C(N)=O. The molecule has 2 unspecified atom stereocenters. The summed E-state index contributed by atoms with van der Waals surface area (Å²) < 4.78 is 5.75. The maximum absolute atomic E-state index is 11.9. The van der Waals surface area contributed by atoms with E-state index in [-0.39, 0.29) is 6.04 Å². The van der Waals surface area contributed by atoms with Crippen molar-refractivity contribution < 1.29 is 14.6 Å². The Morgan fingerprint density at radius 1 is 1.13 bits per heavy atom. The van der Waals surface area contributed by atoms with Crippen molar-refractivity contribution in [2.75, 3.05) is 13.2 Å². The van der Waals surface area contributed by atoms with Crippen LogP contribution in [0.1, 0.15) is 73.5 Å². The van der Waals surface area contributed by atoms with Gasteiger partial charge in [0.25, 0.3) is 5.91 Å². The minimum atomic E-state index is -0.721. The molecule has 0 aliphatic heterocycles. The van der Waals surface area contributed by atoms with Gasteiger partial charge in [-0.15, -0.1) is 0 Å². The van der Waals surface area contributed by atoms with Crippen LogP contribution in [0.3, 0.4) is 0 Å². The predicted octanol–water partition coefficient (Wildman–Crippen LogP) is 4.39. The van der Waals surface area contributed by atoms with E-state index in [1.54, 1.807) is 18.2 Å². The quantitative estimate of drug-likeness (QED) is 0.402. The number of carbonyl (C=O) groups is 1. The van der Waals surface area contributed by atoms with Crippen LogP contribution in [0.25, 0.3) is 0 Å². The van der Waals surface area contributed by atoms with Gasteiger partial charge in [-0.1, -0.05) is 62.6 Å². The molecule has 0 fully saturated rings. The number of rotatable bonds is 14. The molecule has 0 radical (unpaired) electrons. The van der Waals surface area contributed by atoms with Crippen molar-refractivity contribution in [3.63, 3.8) is 0 Å². The first-order valence-electron chi connectivity index (χ1n) is 11.0. The number of hydrogen-bond donors (Lipinski definition) is 3. The fraction of sp³-hybridized carbons (Fsp3) is 0.480. The molecular weight excluding hydrogens is 376 g/mol. The second kappa shape index (κ2) is 13.0. The van der Waals surface area contributed by atoms with Crippen LogP contribution in [0.5, 0.6) is 5.75 Å². The van der Waals surface area contributed by atoms with Gasteiger partial charge >= 0.3 is 0 Å². The number of primary amides is 1. The fourth-order valence-electron chi connectivity index (χ4n) is 3.34. The Labute approximate surface area is 180 Å². The second-order valence-electron chi connectivity index (χ2n) is 7.88. The summed E-state index contributed by atoms with van der Waals surface area (Å²) in [5, 5.41) is 13.9. The van der Waals surface area contributed by atoms with Crippen molar-refractivity contribution in [3.05, 3.63) is 65.2 Å². The highest BCUT2D eigenvalue weighted by Gasteiger charge is 2.15. The third-order valence-electron chi connectivity index (χ3n) is 5.28. The number of carbonyl (C=O) groups excluding carboxylic acids is 1. The minimum absolute atomic E-state index is 0.265. The Kier molecular flexibility index (Phi) is 10.4. The Hall–Kier alpha value is -2.37. The number of aryl methyl sites for hydroxylation is 1. The van der Waals surface area contributed by atoms with Crippen molar-refractivity contribution in [1.82, 2.24) is 5.32 Å². The molecule has 0 aliphatic carbocycles. The van der Waals surface area contributed by atoms with E-state index in [0.29, 0.717) is 30.0 Å². The number of aliphatic hydroxyl groups is 1. The molecule has 0 bridgehead atoms. The lowest BCUT2D eigenvalue weighted by molar-refractivity contribution is 0.0995. The Morgan fingerprint density at radius 3 is 2.60 bits per heavy atom. The second-order valence-corrected chi connectivity index (χ2v) is 7.88. The highest BCUT2D eigenvalue weighted by Crippen LogP contribution is 2.24. The predicted molar refractivity (Wildman–Crippen MR) is 122 cm³/mol. The molecule has 1 amide bonds. The monoisotopic (exact) mass is 412 g/mol. The molecular formula is C25H36N2O3. The molecule has 4 N–H and O–H groups in total. The third kappa shape index (κ3) is 8.17. The van der Waals surface area contributed by atoms with Crippen molar-refractivity contribution in [3.8, 4) is 5.75 Å². The number of ether oxygens (including phenoxy) is 1. The zero-order valence-corrected chi connectivity index (χ0v) is 18.3. The molecule has 0 aliphatic rings. The van der Waals surface area contributed by atoms with Gasteiger partial charge in [0, 0.05) is 12.6 Å². The van der Waals surface area contributed by atoms with Crippen molar-refractivity contribution >= 4 is 5.91 Å². The molecule has 5 nitrogen and oxygen atoms in total. The van der Waals surface area contributed by atoms with E-state index in [1.165, 1.54) is 12.0 Å². The summed E-state index contributed by atoms with van der Waals surface area (Å²) in [7, 11) is 0. The van der Waals surface area contributed by atoms with Crippen LogP contribution >= 0.6 is 0 Å². The van der Waals surface area contributed by atoms with Crippen LogP contribution in [0.15, 0.2) is 48.5 Å². The molecule has 0 saturated carbocycles. The lowest BCUT2D eigenvalue weighted by atomic mass is 10.0. The summed E-state index contributed by atoms with van der Waals surface area (Å²) in [5.74, 6) is -0.0593. The first-order valence-corrected chi connectivity index (χ1v) is 11.0. The molecule has 2 atom stereocenters. The molecule has 0 heterocycles. The Balaban J connectivity index is 1.86. The maximum atomic E-state index is 11.9. The average Bonchev–Trinajstić information content (AvgIpc) is 2.76. The van der Waals surface area contributed by atoms with E-state index in [4.69, 9.17) is 10.5 Å². The highest BCUT2D eigenvalue weighted by molar-refractivity contribution is 5.95. The molecule has 164 valence electrons. The van der Waals surface area contributed by atoms with Crippen LogP contribution < -0.4 is 15.8 Å². The topological polar surface area (TPSA) is 84.6 Å². The molecule has 30 heavy (non-hydrogen) atoms. The average molecular weight is 413 g/mol. The smallest absolute Gasteiger partial charge is 0.252 e. The number of nitrogens with one attached hydrogen (secondary N) is 1. The molecule has 2 aromatic rings. The number of benzene rings is 2. The lowest BCUT2D eigenvalue weighted by Crippen LogP contribution is -2.31. The Morgan fingerprint density at radius 2 is 1.90 bits per heavy atom. The zero-order valence-electron chi connectivity index (χ0n) is 18.3. The molecule has 5 heteroatoms. The fourth-order valence-corrected chi connectivity index (χ4v) is 3.34. The summed E-state index contributed by atoms with van der Waals surface area (Å²) in [6.07, 6.45) is 5.64. The minimum Gasteiger partial charge on any atom is -0.493 e. The lowest BCUT2D eigenvalue weighted by Gasteiger charge is -2.19. The van der Waals surface area contributed by atoms with E-state index >= 15 is 0 Å². The van der Waals surface area contributed by atoms with Gasteiger partial charge in [-0.2, -0.15) is 0 Å². The normalized spacial score (nSPS) is 13.0. The van der Waals surface area contributed by atoms with Gasteiger partial charge in [-0.05, 0) is 49.4 Å². The number of nitrogens with two attached hydrogens (primary N) is 1. The standard InChI is InChI=1S/C25H36N2O3/c1-3-4-5-9-16-30-24-15-14-21(17-22(24)25(26)29)23(28)18-27-19(2)12-13-20-10-7-6-8-11-20/h6-8,10-11,14-15,17,19,23,27-28H,3-5,9,12-13,16,18H2,1-2H3,(H2,26,29). The van der Waals surface area contributed by atoms with E-state index < -0.39 is 12.0 Å². The zero-order chi connectivity index (χ0) is 21.8. The number of unbranched alkanes of at least 4 members (excludes halogenated alkanes) is 3. The summed E-state index contributed by atoms with van der Waals surface area (Å²) in [4.78, 5) is 11.9. The molecule has 0 spiro atoms. The largest absolute Gasteiger partial charge is 0.493 e. The van der Waals surface area contributed by atoms with Crippen LogP contribution in [0, 0.1) is 0 Å². The van der Waals surface area contributed by atoms with E-state index in [1.807, 2.05) is 18.2 Å². The van der Waals surface area contributed by atoms with Crippen molar-refractivity contribution in [1.29, 1.82) is 0 Å². The van der Waals surface area contributed by atoms with Gasteiger partial charge in [0.15, 0.2) is 0 Å². The summed E-state index contributed by atoms with van der Waals surface area (Å²) in [6, 6.07) is 15.8. The van der Waals surface area contributed by atoms with E-state index in [0.717, 1.165) is 32.1 Å². The Bertz CT molecular complexity index is 764. The molecule has 0 aromatic heterocycles. The molecule has 2 rings (SSSR count). The van der Waals surface area contributed by atoms with Gasteiger partial charge in [0.2, 0.25) is 0 Å². The number of hydrogen-bond acceptors (Lipinski definition) is 4. The summed E-state index contributed by atoms with van der Waals surface area (Å²) in [5.41, 5.74) is 7.82. The van der Waals surface area contributed by atoms with Gasteiger partial charge in [-0.25, -0.2) is 0 Å². The van der Waals surface area contributed by atoms with E-state index in [2.05, 4.69) is 31.3 Å². The van der Waals surface area contributed by atoms with Gasteiger partial charge in [-0.3, -0.25) is 4.79 Å². The highest BCUT2D eigenvalue weighted by atomic mass is 16.5. The van der Waals surface area contributed by atoms with Crippen molar-refractivity contribution in [2.45, 2.75) is 64.5 Å². The van der Waals surface area contributed by atoms with Crippen LogP contribution in [-0.2, 0) is 6.42 Å². The molecule has 0 saturated heterocycles. The van der Waals surface area contributed by atoms with Crippen LogP contribution in [0.2, 0.25) is 0 Å². The molecule has 2 aromatic carbocycles. The van der Waals surface area contributed by atoms with Gasteiger partial charge in [0.1, 0.15) is 5.75 Å². The van der Waals surface area contributed by atoms with Gasteiger partial charge in [0.05, 0.1) is 18.3 Å².